The molecule has 0 aromatic heterocycles. The molecule has 0 N–H and O–H groups in total. The van der Waals surface area contributed by atoms with E-state index in [9.17, 15) is 0 Å². The van der Waals surface area contributed by atoms with E-state index in [0.29, 0.717) is 0 Å². The number of allylic oxidation sites excluding steroid dienone is 2. The predicted molar refractivity (Wildman–Crippen MR) is 119 cm³/mol. The van der Waals surface area contributed by atoms with Crippen LogP contribution in [0.5, 0.6) is 0 Å². The van der Waals surface area contributed by atoms with Crippen molar-refractivity contribution in [3.63, 3.8) is 0 Å². The van der Waals surface area contributed by atoms with Crippen molar-refractivity contribution in [1.29, 1.82) is 0 Å². The first-order valence-electron chi connectivity index (χ1n) is 11.1. The number of unbranched alkanes of at least 4 members (excludes halogenated alkanes) is 5. The van der Waals surface area contributed by atoms with Crippen molar-refractivity contribution in [1.82, 2.24) is 0 Å². The lowest BCUT2D eigenvalue weighted by Gasteiger charge is -2.22. The van der Waals surface area contributed by atoms with Gasteiger partial charge in [-0.25, -0.2) is 0 Å². The maximum atomic E-state index is 2.35. The molecule has 142 valence electrons. The third-order valence-electron chi connectivity index (χ3n) is 4.99. The molecule has 2 heteroatoms. The van der Waals surface area contributed by atoms with Crippen molar-refractivity contribution in [2.24, 2.45) is 0 Å². The quantitative estimate of drug-likeness (QED) is 0.186. The van der Waals surface area contributed by atoms with Crippen molar-refractivity contribution in [3.05, 3.63) is 10.4 Å². The normalized spacial score (nSPS) is 12.4. The van der Waals surface area contributed by atoms with Crippen LogP contribution in [0.2, 0.25) is 12.6 Å². The number of hydrogen-bond donors (Lipinski definition) is 0. The van der Waals surface area contributed by atoms with Gasteiger partial charge in [-0.3, -0.25) is 0 Å². The molecule has 0 aromatic rings. The Labute approximate surface area is 159 Å². The van der Waals surface area contributed by atoms with E-state index in [2.05, 4.69) is 46.4 Å². The summed E-state index contributed by atoms with van der Waals surface area (Å²) in [5.74, 6) is 1.33. The first-order chi connectivity index (χ1) is 11.7. The topological polar surface area (TPSA) is 0 Å². The molecule has 0 aromatic carbocycles. The molecule has 0 aliphatic heterocycles. The second-order valence-electron chi connectivity index (χ2n) is 7.34. The average molecular weight is 352 g/mol. The monoisotopic (exact) mass is 352 g/mol. The SMILES string of the molecule is CCCCSC(CCCC)=C(CCCC)B(CCCC)CCCC. The largest absolute Gasteiger partial charge is 0.171 e. The smallest absolute Gasteiger partial charge is 0.132 e. The Morgan fingerprint density at radius 3 is 1.62 bits per heavy atom. The van der Waals surface area contributed by atoms with Gasteiger partial charge in [-0.05, 0) is 36.3 Å². The Kier molecular flexibility index (Phi) is 18.1. The molecule has 0 heterocycles. The van der Waals surface area contributed by atoms with Gasteiger partial charge in [0.15, 0.2) is 6.71 Å². The van der Waals surface area contributed by atoms with Crippen LogP contribution in [0.3, 0.4) is 0 Å². The van der Waals surface area contributed by atoms with E-state index >= 15 is 0 Å². The molecule has 0 spiro atoms. The lowest BCUT2D eigenvalue weighted by Crippen LogP contribution is -2.18. The fourth-order valence-corrected chi connectivity index (χ4v) is 4.76. The van der Waals surface area contributed by atoms with Crippen molar-refractivity contribution in [2.75, 3.05) is 5.75 Å². The van der Waals surface area contributed by atoms with Gasteiger partial charge < -0.3 is 0 Å². The van der Waals surface area contributed by atoms with Gasteiger partial charge in [-0.15, -0.1) is 11.8 Å². The van der Waals surface area contributed by atoms with Crippen LogP contribution in [-0.2, 0) is 0 Å². The molecular weight excluding hydrogens is 307 g/mol. The Hall–Kier alpha value is 0.155. The van der Waals surface area contributed by atoms with Gasteiger partial charge in [0, 0.05) is 0 Å². The van der Waals surface area contributed by atoms with E-state index in [4.69, 9.17) is 0 Å². The van der Waals surface area contributed by atoms with Gasteiger partial charge in [0.05, 0.1) is 0 Å². The van der Waals surface area contributed by atoms with Gasteiger partial charge in [0.25, 0.3) is 0 Å². The average Bonchev–Trinajstić information content (AvgIpc) is 2.60. The third kappa shape index (κ3) is 11.7. The zero-order valence-corrected chi connectivity index (χ0v) is 18.4. The van der Waals surface area contributed by atoms with Crippen molar-refractivity contribution >= 4 is 18.5 Å². The predicted octanol–water partition coefficient (Wildman–Crippen LogP) is 8.79. The summed E-state index contributed by atoms with van der Waals surface area (Å²) < 4.78 is 0. The number of hydrogen-bond acceptors (Lipinski definition) is 1. The number of thioether (sulfide) groups is 1. The molecule has 0 rings (SSSR count). The molecule has 0 fully saturated rings. The van der Waals surface area contributed by atoms with Crippen LogP contribution < -0.4 is 0 Å². The van der Waals surface area contributed by atoms with E-state index < -0.39 is 0 Å². The van der Waals surface area contributed by atoms with Gasteiger partial charge in [0.1, 0.15) is 0 Å². The van der Waals surface area contributed by atoms with Crippen LogP contribution in [0, 0.1) is 0 Å². The van der Waals surface area contributed by atoms with Crippen LogP contribution in [0.15, 0.2) is 10.4 Å². The Morgan fingerprint density at radius 2 is 1.12 bits per heavy atom. The Morgan fingerprint density at radius 1 is 0.625 bits per heavy atom. The summed E-state index contributed by atoms with van der Waals surface area (Å²) in [5.41, 5.74) is 1.88. The molecule has 0 aliphatic carbocycles. The fraction of sp³-hybridized carbons (Fsp3) is 0.909. The lowest BCUT2D eigenvalue weighted by molar-refractivity contribution is 0.771. The van der Waals surface area contributed by atoms with Crippen LogP contribution in [0.1, 0.15) is 112 Å². The third-order valence-corrected chi connectivity index (χ3v) is 6.30. The van der Waals surface area contributed by atoms with Crippen LogP contribution in [0.4, 0.5) is 0 Å². The summed E-state index contributed by atoms with van der Waals surface area (Å²) in [6.45, 7) is 12.6. The fourth-order valence-electron chi connectivity index (χ4n) is 3.33. The Balaban J connectivity index is 5.30. The van der Waals surface area contributed by atoms with E-state index in [1.807, 2.05) is 5.47 Å². The second-order valence-corrected chi connectivity index (χ2v) is 8.53. The molecule has 0 saturated carbocycles. The molecule has 24 heavy (non-hydrogen) atoms. The van der Waals surface area contributed by atoms with Gasteiger partial charge in [0.2, 0.25) is 0 Å². The zero-order valence-electron chi connectivity index (χ0n) is 17.6. The minimum Gasteiger partial charge on any atom is -0.132 e. The van der Waals surface area contributed by atoms with Gasteiger partial charge in [-0.2, -0.15) is 0 Å². The zero-order chi connectivity index (χ0) is 18.0. The minimum absolute atomic E-state index is 0.873. The standard InChI is InChI=1S/C22H45BS/c1-6-11-16-21(23(18-13-8-3)19-14-9-4)22(17-12-7-2)24-20-15-10-5/h6-20H2,1-5H3. The maximum absolute atomic E-state index is 2.35. The maximum Gasteiger partial charge on any atom is 0.171 e. The molecule has 0 atom stereocenters. The summed E-state index contributed by atoms with van der Waals surface area (Å²) in [7, 11) is 0. The molecule has 0 amide bonds. The van der Waals surface area contributed by atoms with E-state index in [0.717, 1.165) is 6.71 Å². The molecule has 0 saturated heterocycles. The van der Waals surface area contributed by atoms with Gasteiger partial charge in [-0.1, -0.05) is 104 Å². The van der Waals surface area contributed by atoms with Crippen LogP contribution in [-0.4, -0.2) is 12.5 Å². The van der Waals surface area contributed by atoms with Crippen LogP contribution in [0.25, 0.3) is 0 Å². The molecular formula is C22H45BS. The van der Waals surface area contributed by atoms with Crippen molar-refractivity contribution < 1.29 is 0 Å². The summed E-state index contributed by atoms with van der Waals surface area (Å²) in [6.07, 6.45) is 19.2. The molecule has 0 aliphatic rings. The second kappa shape index (κ2) is 18.0. The first-order valence-corrected chi connectivity index (χ1v) is 12.1. The minimum atomic E-state index is 0.873. The highest BCUT2D eigenvalue weighted by atomic mass is 32.2. The highest BCUT2D eigenvalue weighted by Crippen LogP contribution is 2.33. The van der Waals surface area contributed by atoms with E-state index in [1.165, 1.54) is 95.4 Å². The number of rotatable bonds is 17. The summed E-state index contributed by atoms with van der Waals surface area (Å²) in [5, 5.41) is 0. The summed E-state index contributed by atoms with van der Waals surface area (Å²) >= 11 is 2.22. The summed E-state index contributed by atoms with van der Waals surface area (Å²) in [4.78, 5) is 1.80. The Bertz CT molecular complexity index is 290. The summed E-state index contributed by atoms with van der Waals surface area (Å²) in [6, 6.07) is 0. The highest BCUT2D eigenvalue weighted by Gasteiger charge is 2.21. The van der Waals surface area contributed by atoms with Crippen molar-refractivity contribution in [3.8, 4) is 0 Å². The first kappa shape index (κ1) is 24.2. The highest BCUT2D eigenvalue weighted by molar-refractivity contribution is 8.03. The van der Waals surface area contributed by atoms with E-state index in [1.54, 1.807) is 4.91 Å². The van der Waals surface area contributed by atoms with E-state index in [-0.39, 0.29) is 0 Å². The molecule has 0 radical (unpaired) electrons. The molecule has 0 nitrogen and oxygen atoms in total. The lowest BCUT2D eigenvalue weighted by atomic mass is 9.38. The molecule has 0 unspecified atom stereocenters. The van der Waals surface area contributed by atoms with Gasteiger partial charge >= 0.3 is 0 Å². The van der Waals surface area contributed by atoms with Crippen molar-refractivity contribution in [2.45, 2.75) is 124 Å². The van der Waals surface area contributed by atoms with Crippen LogP contribution >= 0.6 is 11.8 Å². The molecule has 0 bridgehead atoms.